The van der Waals surface area contributed by atoms with Crippen molar-refractivity contribution in [2.45, 2.75) is 26.3 Å². The molecule has 7 nitrogen and oxygen atoms in total. The zero-order valence-electron chi connectivity index (χ0n) is 11.2. The van der Waals surface area contributed by atoms with Crippen LogP contribution in [0.25, 0.3) is 0 Å². The van der Waals surface area contributed by atoms with Gasteiger partial charge in [0.15, 0.2) is 5.78 Å². The second kappa shape index (κ2) is 6.12. The Balaban J connectivity index is 3.02. The molecule has 1 N–H and O–H groups in total. The van der Waals surface area contributed by atoms with Crippen molar-refractivity contribution in [1.82, 2.24) is 14.5 Å². The van der Waals surface area contributed by atoms with Gasteiger partial charge in [-0.3, -0.25) is 23.5 Å². The third-order valence-corrected chi connectivity index (χ3v) is 2.81. The maximum Gasteiger partial charge on any atom is 0.330 e. The third-order valence-electron chi connectivity index (χ3n) is 2.81. The van der Waals surface area contributed by atoms with Crippen molar-refractivity contribution in [2.75, 3.05) is 7.05 Å². The van der Waals surface area contributed by atoms with Gasteiger partial charge in [-0.15, -0.1) is 0 Å². The van der Waals surface area contributed by atoms with Crippen LogP contribution in [-0.4, -0.2) is 27.9 Å². The molecule has 0 fully saturated rings. The summed E-state index contributed by atoms with van der Waals surface area (Å²) < 4.78 is 2.18. The van der Waals surface area contributed by atoms with Gasteiger partial charge in [-0.05, 0) is 13.3 Å². The molecule has 104 valence electrons. The van der Waals surface area contributed by atoms with Crippen LogP contribution < -0.4 is 16.6 Å². The summed E-state index contributed by atoms with van der Waals surface area (Å²) >= 11 is 0. The zero-order valence-corrected chi connectivity index (χ0v) is 11.2. The van der Waals surface area contributed by atoms with Crippen LogP contribution in [0.15, 0.2) is 15.8 Å². The van der Waals surface area contributed by atoms with Crippen molar-refractivity contribution in [3.05, 3.63) is 32.6 Å². The summed E-state index contributed by atoms with van der Waals surface area (Å²) in [6.45, 7) is 1.55. The molecule has 0 bridgehead atoms. The molecule has 0 aliphatic heterocycles. The number of nitrogens with zero attached hydrogens (tertiary/aromatic N) is 2. The number of Topliss-reactive ketones (excluding diaryl/α,β-unsaturated/α-hetero) is 1. The van der Waals surface area contributed by atoms with Crippen molar-refractivity contribution < 1.29 is 9.59 Å². The van der Waals surface area contributed by atoms with Crippen molar-refractivity contribution in [1.29, 1.82) is 0 Å². The molecule has 1 heterocycles. The van der Waals surface area contributed by atoms with E-state index in [4.69, 9.17) is 0 Å². The molecule has 7 heteroatoms. The first-order valence-electron chi connectivity index (χ1n) is 5.90. The molecule has 0 saturated carbocycles. The number of ketones is 1. The van der Waals surface area contributed by atoms with Crippen LogP contribution in [0.5, 0.6) is 0 Å². The fourth-order valence-corrected chi connectivity index (χ4v) is 1.66. The Hall–Kier alpha value is -2.18. The molecule has 0 saturated heterocycles. The van der Waals surface area contributed by atoms with E-state index in [0.717, 1.165) is 4.57 Å². The minimum Gasteiger partial charge on any atom is -0.359 e. The second-order valence-corrected chi connectivity index (χ2v) is 4.22. The fraction of sp³-hybridized carbons (Fsp3) is 0.500. The van der Waals surface area contributed by atoms with Crippen LogP contribution in [0.2, 0.25) is 0 Å². The number of carbonyl (C=O) groups excluding carboxylic acids is 2. The molecule has 1 amide bonds. The van der Waals surface area contributed by atoms with Gasteiger partial charge in [-0.25, -0.2) is 4.79 Å². The summed E-state index contributed by atoms with van der Waals surface area (Å²) in [5.41, 5.74) is -1.12. The lowest BCUT2D eigenvalue weighted by Crippen LogP contribution is -2.40. The summed E-state index contributed by atoms with van der Waals surface area (Å²) in [5, 5.41) is 2.48. The third kappa shape index (κ3) is 3.40. The number of hydrogen-bond donors (Lipinski definition) is 1. The van der Waals surface area contributed by atoms with Crippen molar-refractivity contribution in [3.63, 3.8) is 0 Å². The molecule has 0 unspecified atom stereocenters. The summed E-state index contributed by atoms with van der Waals surface area (Å²) in [6, 6.07) is 0. The number of rotatable bonds is 5. The predicted octanol–water partition coefficient (Wildman–Crippen LogP) is -0.724. The molecule has 19 heavy (non-hydrogen) atoms. The molecule has 0 aliphatic carbocycles. The van der Waals surface area contributed by atoms with Crippen LogP contribution >= 0.6 is 0 Å². The first-order valence-corrected chi connectivity index (χ1v) is 5.90. The number of hydrogen-bond acceptors (Lipinski definition) is 4. The summed E-state index contributed by atoms with van der Waals surface area (Å²) in [5.74, 6) is -0.509. The molecular formula is C12H17N3O4. The van der Waals surface area contributed by atoms with E-state index < -0.39 is 11.2 Å². The van der Waals surface area contributed by atoms with E-state index in [0.29, 0.717) is 6.42 Å². The first-order chi connectivity index (χ1) is 8.88. The monoisotopic (exact) mass is 267 g/mol. The molecule has 0 atom stereocenters. The largest absolute Gasteiger partial charge is 0.359 e. The predicted molar refractivity (Wildman–Crippen MR) is 69.2 cm³/mol. The van der Waals surface area contributed by atoms with Crippen LogP contribution in [0, 0.1) is 0 Å². The van der Waals surface area contributed by atoms with Crippen LogP contribution in [0.4, 0.5) is 0 Å². The van der Waals surface area contributed by atoms with Gasteiger partial charge in [0, 0.05) is 33.3 Å². The lowest BCUT2D eigenvalue weighted by atomic mass is 10.2. The number of amides is 1. The van der Waals surface area contributed by atoms with E-state index in [1.165, 1.54) is 31.8 Å². The maximum absolute atomic E-state index is 11.8. The highest BCUT2D eigenvalue weighted by molar-refractivity contribution is 5.93. The van der Waals surface area contributed by atoms with Crippen molar-refractivity contribution in [3.8, 4) is 0 Å². The van der Waals surface area contributed by atoms with Crippen molar-refractivity contribution >= 4 is 11.7 Å². The minimum atomic E-state index is -0.597. The molecule has 0 aliphatic rings. The van der Waals surface area contributed by atoms with Crippen LogP contribution in [0.3, 0.4) is 0 Å². The van der Waals surface area contributed by atoms with Gasteiger partial charge in [-0.2, -0.15) is 0 Å². The average Bonchev–Trinajstić information content (AvgIpc) is 2.38. The van der Waals surface area contributed by atoms with Gasteiger partial charge in [0.2, 0.25) is 5.91 Å². The van der Waals surface area contributed by atoms with E-state index in [1.807, 2.05) is 0 Å². The lowest BCUT2D eigenvalue weighted by molar-refractivity contribution is -0.120. The van der Waals surface area contributed by atoms with Gasteiger partial charge >= 0.3 is 5.69 Å². The Morgan fingerprint density at radius 2 is 1.95 bits per heavy atom. The SMILES string of the molecule is CNC(=O)CCCn1cc(C(C)=O)c(=O)n(C)c1=O. The second-order valence-electron chi connectivity index (χ2n) is 4.22. The van der Waals surface area contributed by atoms with E-state index >= 15 is 0 Å². The minimum absolute atomic E-state index is 0.0259. The highest BCUT2D eigenvalue weighted by atomic mass is 16.2. The molecule has 1 aromatic rings. The Morgan fingerprint density at radius 3 is 2.47 bits per heavy atom. The normalized spacial score (nSPS) is 10.3. The van der Waals surface area contributed by atoms with E-state index in [2.05, 4.69) is 5.32 Å². The molecule has 1 aromatic heterocycles. The number of aromatic nitrogens is 2. The standard InChI is InChI=1S/C12H17N3O4/c1-8(16)9-7-15(6-4-5-10(17)13-2)12(19)14(3)11(9)18/h7H,4-6H2,1-3H3,(H,13,17). The topological polar surface area (TPSA) is 90.2 Å². The van der Waals surface area contributed by atoms with Crippen molar-refractivity contribution in [2.24, 2.45) is 7.05 Å². The summed E-state index contributed by atoms with van der Waals surface area (Å²) in [4.78, 5) is 45.9. The smallest absolute Gasteiger partial charge is 0.330 e. The van der Waals surface area contributed by atoms with E-state index in [9.17, 15) is 19.2 Å². The van der Waals surface area contributed by atoms with E-state index in [-0.39, 0.29) is 30.2 Å². The Morgan fingerprint density at radius 1 is 1.32 bits per heavy atom. The molecule has 0 aromatic carbocycles. The highest BCUT2D eigenvalue weighted by Gasteiger charge is 2.12. The van der Waals surface area contributed by atoms with Gasteiger partial charge in [0.1, 0.15) is 0 Å². The highest BCUT2D eigenvalue weighted by Crippen LogP contribution is 1.95. The molecular weight excluding hydrogens is 250 g/mol. The summed E-state index contributed by atoms with van der Waals surface area (Å²) in [7, 11) is 2.86. The Labute approximate surface area is 109 Å². The van der Waals surface area contributed by atoms with Gasteiger partial charge in [-0.1, -0.05) is 0 Å². The van der Waals surface area contributed by atoms with Crippen LogP contribution in [-0.2, 0) is 18.4 Å². The number of carbonyl (C=O) groups is 2. The first kappa shape index (κ1) is 14.9. The van der Waals surface area contributed by atoms with E-state index in [1.54, 1.807) is 0 Å². The quantitative estimate of drug-likeness (QED) is 0.713. The lowest BCUT2D eigenvalue weighted by Gasteiger charge is -2.09. The van der Waals surface area contributed by atoms with Gasteiger partial charge in [0.05, 0.1) is 5.56 Å². The Bertz CT molecular complexity index is 612. The average molecular weight is 267 g/mol. The number of aryl methyl sites for hydroxylation is 1. The molecule has 0 spiro atoms. The van der Waals surface area contributed by atoms with Gasteiger partial charge < -0.3 is 5.32 Å². The zero-order chi connectivity index (χ0) is 14.6. The fourth-order valence-electron chi connectivity index (χ4n) is 1.66. The van der Waals surface area contributed by atoms with Crippen LogP contribution in [0.1, 0.15) is 30.1 Å². The maximum atomic E-state index is 11.8. The molecule has 0 radical (unpaired) electrons. The summed E-state index contributed by atoms with van der Waals surface area (Å²) in [6.07, 6.45) is 1.99. The molecule has 1 rings (SSSR count). The van der Waals surface area contributed by atoms with Gasteiger partial charge in [0.25, 0.3) is 5.56 Å². The number of nitrogens with one attached hydrogen (secondary N) is 1. The Kier molecular flexibility index (Phi) is 4.80.